The van der Waals surface area contributed by atoms with E-state index in [9.17, 15) is 0 Å². The van der Waals surface area contributed by atoms with Crippen LogP contribution in [-0.4, -0.2) is 0 Å². The maximum Gasteiger partial charge on any atom is -0.0219 e. The second kappa shape index (κ2) is 8.10. The first-order valence-corrected chi connectivity index (χ1v) is 6.57. The molecule has 0 bridgehead atoms. The molecule has 19 heavy (non-hydrogen) atoms. The second-order valence-electron chi connectivity index (χ2n) is 4.65. The van der Waals surface area contributed by atoms with Crippen molar-refractivity contribution in [3.05, 3.63) is 90.6 Å². The average molecular weight is 250 g/mol. The average Bonchev–Trinajstić information content (AvgIpc) is 2.43. The Hall–Kier alpha value is -2.08. The molecule has 0 saturated carbocycles. The van der Waals surface area contributed by atoms with E-state index in [0.717, 1.165) is 5.57 Å². The van der Waals surface area contributed by atoms with E-state index >= 15 is 0 Å². The molecule has 98 valence electrons. The Balaban J connectivity index is 2.79. The van der Waals surface area contributed by atoms with E-state index in [2.05, 4.69) is 63.4 Å². The largest absolute Gasteiger partial charge is 0.0991 e. The molecular formula is C19H22. The van der Waals surface area contributed by atoms with Gasteiger partial charge in [-0.2, -0.15) is 0 Å². The molecule has 0 spiro atoms. The van der Waals surface area contributed by atoms with Gasteiger partial charge >= 0.3 is 0 Å². The Morgan fingerprint density at radius 3 is 2.26 bits per heavy atom. The zero-order valence-electron chi connectivity index (χ0n) is 11.8. The zero-order chi connectivity index (χ0) is 14.1. The summed E-state index contributed by atoms with van der Waals surface area (Å²) in [4.78, 5) is 0. The molecule has 0 aromatic heterocycles. The third-order valence-corrected chi connectivity index (χ3v) is 2.84. The van der Waals surface area contributed by atoms with Crippen LogP contribution in [-0.2, 0) is 0 Å². The monoisotopic (exact) mass is 250 g/mol. The normalized spacial score (nSPS) is 12.5. The number of hydrogen-bond donors (Lipinski definition) is 0. The van der Waals surface area contributed by atoms with Gasteiger partial charge < -0.3 is 0 Å². The molecule has 0 saturated heterocycles. The molecule has 0 amide bonds. The smallest absolute Gasteiger partial charge is 0.0219 e. The van der Waals surface area contributed by atoms with Gasteiger partial charge in [0.2, 0.25) is 0 Å². The van der Waals surface area contributed by atoms with Crippen LogP contribution in [0.3, 0.4) is 0 Å². The molecule has 1 aromatic rings. The predicted molar refractivity (Wildman–Crippen MR) is 87.2 cm³/mol. The molecule has 0 aliphatic rings. The van der Waals surface area contributed by atoms with Crippen LogP contribution in [0.1, 0.15) is 30.9 Å². The molecule has 1 rings (SSSR count). The molecule has 0 fully saturated rings. The van der Waals surface area contributed by atoms with E-state index in [0.29, 0.717) is 5.92 Å². The van der Waals surface area contributed by atoms with Gasteiger partial charge in [0.25, 0.3) is 0 Å². The fourth-order valence-corrected chi connectivity index (χ4v) is 1.62. The summed E-state index contributed by atoms with van der Waals surface area (Å²) in [5.74, 6) is 0.575. The molecule has 0 atom stereocenters. The van der Waals surface area contributed by atoms with Crippen molar-refractivity contribution in [2.24, 2.45) is 0 Å². The van der Waals surface area contributed by atoms with E-state index in [-0.39, 0.29) is 0 Å². The second-order valence-corrected chi connectivity index (χ2v) is 4.65. The standard InChI is InChI=1S/C19H22/c1-5-7-8-9-17(6-2)10-11-18-12-14-19(15-13-18)16(3)4/h5-16H,1-2H2,3-4H3/b8-7-,11-10+,17-9+. The lowest BCUT2D eigenvalue weighted by atomic mass is 10.0. The van der Waals surface area contributed by atoms with E-state index < -0.39 is 0 Å². The Kier molecular flexibility index (Phi) is 6.38. The molecular weight excluding hydrogens is 228 g/mol. The minimum atomic E-state index is 0.575. The van der Waals surface area contributed by atoms with E-state index in [4.69, 9.17) is 0 Å². The highest BCUT2D eigenvalue weighted by molar-refractivity contribution is 5.55. The molecule has 0 heteroatoms. The van der Waals surface area contributed by atoms with Crippen LogP contribution >= 0.6 is 0 Å². The summed E-state index contributed by atoms with van der Waals surface area (Å²) in [5, 5.41) is 0. The van der Waals surface area contributed by atoms with Gasteiger partial charge in [-0.25, -0.2) is 0 Å². The van der Waals surface area contributed by atoms with Crippen LogP contribution in [0.4, 0.5) is 0 Å². The molecule has 0 radical (unpaired) electrons. The lowest BCUT2D eigenvalue weighted by Gasteiger charge is -2.04. The lowest BCUT2D eigenvalue weighted by molar-refractivity contribution is 0.866. The first kappa shape index (κ1) is 15.0. The third kappa shape index (κ3) is 5.39. The maximum absolute atomic E-state index is 3.81. The Labute approximate surface area is 117 Å². The zero-order valence-corrected chi connectivity index (χ0v) is 11.8. The van der Waals surface area contributed by atoms with Crippen molar-refractivity contribution in [3.63, 3.8) is 0 Å². The van der Waals surface area contributed by atoms with Gasteiger partial charge in [0, 0.05) is 0 Å². The minimum absolute atomic E-state index is 0.575. The fourth-order valence-electron chi connectivity index (χ4n) is 1.62. The Morgan fingerprint density at radius 2 is 1.74 bits per heavy atom. The molecule has 0 aliphatic heterocycles. The van der Waals surface area contributed by atoms with Gasteiger partial charge in [0.15, 0.2) is 0 Å². The van der Waals surface area contributed by atoms with E-state index in [1.807, 2.05) is 24.3 Å². The molecule has 0 nitrogen and oxygen atoms in total. The number of allylic oxidation sites excluding steroid dienone is 7. The number of rotatable bonds is 6. The van der Waals surface area contributed by atoms with E-state index in [1.165, 1.54) is 11.1 Å². The number of benzene rings is 1. The van der Waals surface area contributed by atoms with Crippen LogP contribution in [0.5, 0.6) is 0 Å². The lowest BCUT2D eigenvalue weighted by Crippen LogP contribution is -1.85. The summed E-state index contributed by atoms with van der Waals surface area (Å²) in [6, 6.07) is 8.65. The summed E-state index contributed by atoms with van der Waals surface area (Å²) in [5.41, 5.74) is 3.64. The van der Waals surface area contributed by atoms with Crippen molar-refractivity contribution in [1.29, 1.82) is 0 Å². The number of hydrogen-bond acceptors (Lipinski definition) is 0. The first-order valence-electron chi connectivity index (χ1n) is 6.57. The van der Waals surface area contributed by atoms with Crippen LogP contribution < -0.4 is 0 Å². The molecule has 0 aliphatic carbocycles. The van der Waals surface area contributed by atoms with Crippen LogP contribution in [0.25, 0.3) is 6.08 Å². The molecule has 1 aromatic carbocycles. The summed E-state index contributed by atoms with van der Waals surface area (Å²) >= 11 is 0. The summed E-state index contributed by atoms with van der Waals surface area (Å²) in [6.45, 7) is 11.9. The predicted octanol–water partition coefficient (Wildman–Crippen LogP) is 5.68. The van der Waals surface area contributed by atoms with Crippen LogP contribution in [0.15, 0.2) is 79.5 Å². The minimum Gasteiger partial charge on any atom is -0.0991 e. The highest BCUT2D eigenvalue weighted by Crippen LogP contribution is 2.15. The van der Waals surface area contributed by atoms with Crippen LogP contribution in [0.2, 0.25) is 0 Å². The molecule has 0 unspecified atom stereocenters. The van der Waals surface area contributed by atoms with Gasteiger partial charge in [-0.1, -0.05) is 93.8 Å². The van der Waals surface area contributed by atoms with Crippen molar-refractivity contribution in [2.75, 3.05) is 0 Å². The van der Waals surface area contributed by atoms with Crippen molar-refractivity contribution >= 4 is 6.08 Å². The van der Waals surface area contributed by atoms with Crippen molar-refractivity contribution in [2.45, 2.75) is 19.8 Å². The van der Waals surface area contributed by atoms with Crippen molar-refractivity contribution in [3.8, 4) is 0 Å². The quantitative estimate of drug-likeness (QED) is 0.570. The van der Waals surface area contributed by atoms with E-state index in [1.54, 1.807) is 6.08 Å². The topological polar surface area (TPSA) is 0 Å². The summed E-state index contributed by atoms with van der Waals surface area (Å²) in [7, 11) is 0. The maximum atomic E-state index is 3.81. The summed E-state index contributed by atoms with van der Waals surface area (Å²) in [6.07, 6.45) is 13.6. The van der Waals surface area contributed by atoms with Crippen molar-refractivity contribution < 1.29 is 0 Å². The van der Waals surface area contributed by atoms with Gasteiger partial charge in [-0.15, -0.1) is 0 Å². The van der Waals surface area contributed by atoms with Gasteiger partial charge in [-0.05, 0) is 22.6 Å². The third-order valence-electron chi connectivity index (χ3n) is 2.84. The van der Waals surface area contributed by atoms with Crippen LogP contribution in [0, 0.1) is 0 Å². The Morgan fingerprint density at radius 1 is 1.05 bits per heavy atom. The molecule has 0 N–H and O–H groups in total. The van der Waals surface area contributed by atoms with Crippen molar-refractivity contribution in [1.82, 2.24) is 0 Å². The van der Waals surface area contributed by atoms with Gasteiger partial charge in [-0.3, -0.25) is 0 Å². The van der Waals surface area contributed by atoms with Gasteiger partial charge in [0.1, 0.15) is 0 Å². The summed E-state index contributed by atoms with van der Waals surface area (Å²) < 4.78 is 0. The Bertz CT molecular complexity index is 493. The van der Waals surface area contributed by atoms with Gasteiger partial charge in [0.05, 0.1) is 0 Å². The first-order chi connectivity index (χ1) is 9.17. The SMILES string of the molecule is C=C\C=C/C=C(C=C)/C=C/c1ccc(C(C)C)cc1. The molecule has 0 heterocycles. The fraction of sp³-hybridized carbons (Fsp3) is 0.158. The highest BCUT2D eigenvalue weighted by Gasteiger charge is 1.96. The highest BCUT2D eigenvalue weighted by atomic mass is 14.0.